The van der Waals surface area contributed by atoms with Gasteiger partial charge in [0.1, 0.15) is 0 Å². The Kier molecular flexibility index (Phi) is 4.22. The fourth-order valence-corrected chi connectivity index (χ4v) is 2.17. The largest absolute Gasteiger partial charge is 0.586 e. The average molecular weight is 323 g/mol. The second-order valence-corrected chi connectivity index (χ2v) is 4.67. The number of ether oxygens (including phenoxy) is 2. The third-order valence-electron chi connectivity index (χ3n) is 3.09. The fourth-order valence-electron chi connectivity index (χ4n) is 2.17. The third-order valence-corrected chi connectivity index (χ3v) is 3.09. The Morgan fingerprint density at radius 2 is 2.10 bits per heavy atom. The van der Waals surface area contributed by atoms with E-state index >= 15 is 0 Å². The molecular weight excluding hydrogens is 310 g/mol. The number of hydrogen-bond acceptors (Lipinski definition) is 5. The smallest absolute Gasteiger partial charge is 0.395 e. The Bertz CT molecular complexity index is 558. The molecule has 1 amide bonds. The molecule has 21 heavy (non-hydrogen) atoms. The van der Waals surface area contributed by atoms with Crippen molar-refractivity contribution >= 4 is 24.0 Å². The van der Waals surface area contributed by atoms with Gasteiger partial charge in [-0.1, -0.05) is 0 Å². The molecule has 116 valence electrons. The number of amides is 1. The molecule has 0 aromatic heterocycles. The minimum atomic E-state index is -3.68. The van der Waals surface area contributed by atoms with Crippen molar-refractivity contribution in [2.24, 2.45) is 0 Å². The maximum atomic E-state index is 12.9. The minimum Gasteiger partial charge on any atom is -0.395 e. The van der Waals surface area contributed by atoms with Gasteiger partial charge in [0.05, 0.1) is 12.1 Å². The van der Waals surface area contributed by atoms with Gasteiger partial charge in [0.25, 0.3) is 0 Å². The lowest BCUT2D eigenvalue weighted by atomic mass is 10.2. The van der Waals surface area contributed by atoms with Crippen molar-refractivity contribution in [3.63, 3.8) is 0 Å². The second kappa shape index (κ2) is 5.63. The van der Waals surface area contributed by atoms with E-state index in [-0.39, 0.29) is 29.8 Å². The number of carbonyl (C=O) groups is 1. The molecule has 2 unspecified atom stereocenters. The number of β-amino-alcohol motifs (C(OH)–C–C–N with tert-alkyl or cyclic N) is 1. The van der Waals surface area contributed by atoms with Crippen molar-refractivity contribution in [1.29, 1.82) is 0 Å². The molecule has 6 nitrogen and oxygen atoms in total. The van der Waals surface area contributed by atoms with E-state index < -0.39 is 18.4 Å². The summed E-state index contributed by atoms with van der Waals surface area (Å²) in [5.41, 5.74) is 0.318. The van der Waals surface area contributed by atoms with E-state index in [1.165, 1.54) is 18.2 Å². The predicted molar refractivity (Wildman–Crippen MR) is 70.9 cm³/mol. The first-order valence-corrected chi connectivity index (χ1v) is 6.05. The Morgan fingerprint density at radius 1 is 1.38 bits per heavy atom. The summed E-state index contributed by atoms with van der Waals surface area (Å²) in [5.74, 6) is -0.554. The number of nitrogens with one attached hydrogen (secondary N) is 2. The summed E-state index contributed by atoms with van der Waals surface area (Å²) in [5, 5.41) is 14.8. The number of fused-ring (bicyclic) bond motifs is 1. The molecule has 1 saturated heterocycles. The number of rotatable bonds is 2. The number of aliphatic hydroxyl groups is 1. The summed E-state index contributed by atoms with van der Waals surface area (Å²) in [6.07, 6.45) is -3.92. The topological polar surface area (TPSA) is 79.8 Å². The summed E-state index contributed by atoms with van der Waals surface area (Å²) in [7, 11) is 0. The minimum absolute atomic E-state index is 0. The van der Waals surface area contributed by atoms with Gasteiger partial charge in [-0.05, 0) is 18.6 Å². The van der Waals surface area contributed by atoms with Crippen LogP contribution in [0.4, 0.5) is 14.5 Å². The number of benzene rings is 1. The summed E-state index contributed by atoms with van der Waals surface area (Å²) in [6, 6.07) is 3.49. The van der Waals surface area contributed by atoms with Crippen LogP contribution >= 0.6 is 12.4 Å². The first kappa shape index (κ1) is 15.7. The molecule has 0 bridgehead atoms. The summed E-state index contributed by atoms with van der Waals surface area (Å²) < 4.78 is 34.3. The van der Waals surface area contributed by atoms with Crippen LogP contribution in [0.25, 0.3) is 0 Å². The highest BCUT2D eigenvalue weighted by Crippen LogP contribution is 2.42. The van der Waals surface area contributed by atoms with Crippen LogP contribution in [0.3, 0.4) is 0 Å². The molecular formula is C12H13ClF2N2O4. The van der Waals surface area contributed by atoms with Crippen LogP contribution in [-0.4, -0.2) is 36.0 Å². The highest BCUT2D eigenvalue weighted by atomic mass is 35.5. The van der Waals surface area contributed by atoms with Crippen LogP contribution in [0.2, 0.25) is 0 Å². The molecule has 2 aliphatic rings. The quantitative estimate of drug-likeness (QED) is 0.759. The maximum Gasteiger partial charge on any atom is 0.586 e. The molecule has 0 radical (unpaired) electrons. The summed E-state index contributed by atoms with van der Waals surface area (Å²) >= 11 is 0. The van der Waals surface area contributed by atoms with Crippen LogP contribution < -0.4 is 20.1 Å². The molecule has 2 aliphatic heterocycles. The van der Waals surface area contributed by atoms with Crippen molar-refractivity contribution < 1.29 is 28.2 Å². The molecule has 0 spiro atoms. The number of aliphatic hydroxyl groups excluding tert-OH is 1. The first-order valence-electron chi connectivity index (χ1n) is 6.05. The number of hydrogen-bond donors (Lipinski definition) is 3. The lowest BCUT2D eigenvalue weighted by Gasteiger charge is -2.11. The van der Waals surface area contributed by atoms with E-state index in [0.717, 1.165) is 0 Å². The Morgan fingerprint density at radius 3 is 2.76 bits per heavy atom. The summed E-state index contributed by atoms with van der Waals surface area (Å²) in [4.78, 5) is 11.9. The van der Waals surface area contributed by atoms with E-state index in [4.69, 9.17) is 0 Å². The molecule has 3 rings (SSSR count). The number of carbonyl (C=O) groups excluding carboxylic acids is 1. The fraction of sp³-hybridized carbons (Fsp3) is 0.417. The van der Waals surface area contributed by atoms with E-state index in [0.29, 0.717) is 18.7 Å². The molecule has 0 saturated carbocycles. The predicted octanol–water partition coefficient (Wildman–Crippen LogP) is 1.09. The van der Waals surface area contributed by atoms with Gasteiger partial charge < -0.3 is 25.2 Å². The number of anilines is 1. The molecule has 1 aromatic carbocycles. The third kappa shape index (κ3) is 3.34. The molecule has 2 atom stereocenters. The standard InChI is InChI=1S/C12H12F2N2O4.ClH/c13-12(14)19-9-2-1-6(3-10(9)20-12)16-11(18)8-4-7(17)5-15-8;/h1-3,7-8,15,17H,4-5H2,(H,16,18);1H. The van der Waals surface area contributed by atoms with Crippen molar-refractivity contribution in [2.75, 3.05) is 11.9 Å². The lowest BCUT2D eigenvalue weighted by molar-refractivity contribution is -0.286. The van der Waals surface area contributed by atoms with Crippen LogP contribution in [-0.2, 0) is 4.79 Å². The Labute approximate surface area is 124 Å². The van der Waals surface area contributed by atoms with E-state index in [9.17, 15) is 18.7 Å². The van der Waals surface area contributed by atoms with Crippen molar-refractivity contribution in [1.82, 2.24) is 5.32 Å². The molecule has 9 heteroatoms. The first-order chi connectivity index (χ1) is 9.43. The van der Waals surface area contributed by atoms with E-state index in [1.807, 2.05) is 0 Å². The van der Waals surface area contributed by atoms with Gasteiger partial charge in [0.2, 0.25) is 5.91 Å². The number of halogens is 3. The van der Waals surface area contributed by atoms with Crippen molar-refractivity contribution in [2.45, 2.75) is 24.9 Å². The van der Waals surface area contributed by atoms with Crippen LogP contribution in [0.5, 0.6) is 11.5 Å². The van der Waals surface area contributed by atoms with Gasteiger partial charge in [-0.3, -0.25) is 4.79 Å². The van der Waals surface area contributed by atoms with Gasteiger partial charge in [-0.25, -0.2) is 0 Å². The van der Waals surface area contributed by atoms with Gasteiger partial charge in [0.15, 0.2) is 11.5 Å². The molecule has 2 heterocycles. The monoisotopic (exact) mass is 322 g/mol. The molecule has 0 aliphatic carbocycles. The van der Waals surface area contributed by atoms with E-state index in [2.05, 4.69) is 20.1 Å². The van der Waals surface area contributed by atoms with Crippen LogP contribution in [0, 0.1) is 0 Å². The highest BCUT2D eigenvalue weighted by molar-refractivity contribution is 5.95. The van der Waals surface area contributed by atoms with Crippen LogP contribution in [0.1, 0.15) is 6.42 Å². The van der Waals surface area contributed by atoms with Crippen LogP contribution in [0.15, 0.2) is 18.2 Å². The molecule has 1 aromatic rings. The second-order valence-electron chi connectivity index (χ2n) is 4.67. The Hall–Kier alpha value is -1.64. The molecule has 3 N–H and O–H groups in total. The van der Waals surface area contributed by atoms with Crippen molar-refractivity contribution in [3.8, 4) is 11.5 Å². The van der Waals surface area contributed by atoms with Gasteiger partial charge in [-0.2, -0.15) is 0 Å². The number of alkyl halides is 2. The summed E-state index contributed by atoms with van der Waals surface area (Å²) in [6.45, 7) is 0.353. The SMILES string of the molecule is Cl.O=C(Nc1ccc2c(c1)OC(F)(F)O2)C1CC(O)CN1. The Balaban J connectivity index is 0.00000161. The maximum absolute atomic E-state index is 12.9. The average Bonchev–Trinajstić information content (AvgIpc) is 2.90. The normalized spacial score (nSPS) is 25.3. The van der Waals surface area contributed by atoms with Crippen molar-refractivity contribution in [3.05, 3.63) is 18.2 Å². The van der Waals surface area contributed by atoms with Gasteiger partial charge in [-0.15, -0.1) is 21.2 Å². The lowest BCUT2D eigenvalue weighted by Crippen LogP contribution is -2.35. The van der Waals surface area contributed by atoms with Gasteiger partial charge >= 0.3 is 6.29 Å². The molecule has 1 fully saturated rings. The zero-order valence-corrected chi connectivity index (χ0v) is 11.5. The van der Waals surface area contributed by atoms with E-state index in [1.54, 1.807) is 0 Å². The highest BCUT2D eigenvalue weighted by Gasteiger charge is 2.43. The van der Waals surface area contributed by atoms with Gasteiger partial charge in [0, 0.05) is 18.3 Å². The zero-order valence-electron chi connectivity index (χ0n) is 10.6. The zero-order chi connectivity index (χ0) is 14.3.